The molecule has 1 aliphatic rings. The predicted molar refractivity (Wildman–Crippen MR) is 100 cm³/mol. The number of rotatable bonds is 5. The van der Waals surface area contributed by atoms with Gasteiger partial charge in [0.15, 0.2) is 9.84 Å². The number of anilines is 2. The summed E-state index contributed by atoms with van der Waals surface area (Å²) in [5.41, 5.74) is 2.26. The molecule has 1 aromatic heterocycles. The van der Waals surface area contributed by atoms with Crippen molar-refractivity contribution >= 4 is 27.4 Å². The van der Waals surface area contributed by atoms with Gasteiger partial charge in [-0.15, -0.1) is 0 Å². The quantitative estimate of drug-likeness (QED) is 0.861. The lowest BCUT2D eigenvalue weighted by molar-refractivity contribution is 0.0741. The highest BCUT2D eigenvalue weighted by atomic mass is 32.2. The fourth-order valence-electron chi connectivity index (χ4n) is 3.04. The number of hydrogen-bond acceptors (Lipinski definition) is 6. The van der Waals surface area contributed by atoms with Gasteiger partial charge < -0.3 is 10.2 Å². The Labute approximate surface area is 153 Å². The van der Waals surface area contributed by atoms with Crippen molar-refractivity contribution in [1.29, 1.82) is 0 Å². The van der Waals surface area contributed by atoms with Crippen LogP contribution in [-0.2, 0) is 16.3 Å². The number of carbonyl (C=O) groups excluding carboxylic acids is 1. The summed E-state index contributed by atoms with van der Waals surface area (Å²) in [6.45, 7) is 2.06. The zero-order chi connectivity index (χ0) is 18.7. The number of hydrogen-bond donors (Lipinski definition) is 1. The van der Waals surface area contributed by atoms with E-state index < -0.39 is 9.84 Å². The van der Waals surface area contributed by atoms with Crippen molar-refractivity contribution < 1.29 is 13.2 Å². The minimum absolute atomic E-state index is 0.00923. The Kier molecular flexibility index (Phi) is 5.22. The third kappa shape index (κ3) is 4.01. The van der Waals surface area contributed by atoms with E-state index in [0.29, 0.717) is 12.4 Å². The molecule has 0 aliphatic carbocycles. The number of nitrogens with one attached hydrogen (secondary N) is 1. The van der Waals surface area contributed by atoms with Crippen LogP contribution in [-0.4, -0.2) is 53.8 Å². The summed E-state index contributed by atoms with van der Waals surface area (Å²) in [4.78, 5) is 22.6. The molecule has 7 nitrogen and oxygen atoms in total. The van der Waals surface area contributed by atoms with Crippen molar-refractivity contribution in [2.75, 3.05) is 23.9 Å². The van der Waals surface area contributed by atoms with Gasteiger partial charge in [0.25, 0.3) is 5.91 Å². The first-order chi connectivity index (χ1) is 12.4. The van der Waals surface area contributed by atoms with Gasteiger partial charge in [0.2, 0.25) is 5.95 Å². The monoisotopic (exact) mass is 374 g/mol. The summed E-state index contributed by atoms with van der Waals surface area (Å²) in [6.07, 6.45) is 2.85. The van der Waals surface area contributed by atoms with Crippen LogP contribution >= 0.6 is 0 Å². The molecular formula is C18H22N4O3S. The average Bonchev–Trinajstić information content (AvgIpc) is 3.01. The first kappa shape index (κ1) is 18.3. The molecule has 1 atom stereocenters. The van der Waals surface area contributed by atoms with Gasteiger partial charge in [-0.3, -0.25) is 4.79 Å². The SMILES string of the molecule is CCc1ccccc1Nc1nccc(C(=O)N(C)C2CCS(=O)(=O)C2)n1. The van der Waals surface area contributed by atoms with E-state index >= 15 is 0 Å². The van der Waals surface area contributed by atoms with Crippen LogP contribution in [0.5, 0.6) is 0 Å². The van der Waals surface area contributed by atoms with E-state index in [-0.39, 0.29) is 29.1 Å². The smallest absolute Gasteiger partial charge is 0.272 e. The van der Waals surface area contributed by atoms with Gasteiger partial charge in [-0.05, 0) is 30.5 Å². The van der Waals surface area contributed by atoms with Crippen molar-refractivity contribution in [3.05, 3.63) is 47.8 Å². The molecule has 138 valence electrons. The normalized spacial score (nSPS) is 18.5. The van der Waals surface area contributed by atoms with Crippen molar-refractivity contribution in [2.45, 2.75) is 25.8 Å². The Morgan fingerprint density at radius 3 is 2.77 bits per heavy atom. The molecule has 0 bridgehead atoms. The Hall–Kier alpha value is -2.48. The van der Waals surface area contributed by atoms with Gasteiger partial charge >= 0.3 is 0 Å². The lowest BCUT2D eigenvalue weighted by Gasteiger charge is -2.23. The van der Waals surface area contributed by atoms with Crippen molar-refractivity contribution in [3.63, 3.8) is 0 Å². The molecule has 1 saturated heterocycles. The van der Waals surface area contributed by atoms with Crippen LogP contribution in [0.2, 0.25) is 0 Å². The zero-order valence-corrected chi connectivity index (χ0v) is 15.7. The molecule has 1 aromatic carbocycles. The highest BCUT2D eigenvalue weighted by Crippen LogP contribution is 2.20. The van der Waals surface area contributed by atoms with Gasteiger partial charge in [-0.25, -0.2) is 18.4 Å². The Morgan fingerprint density at radius 2 is 2.08 bits per heavy atom. The molecule has 1 N–H and O–H groups in total. The second kappa shape index (κ2) is 7.41. The fraction of sp³-hybridized carbons (Fsp3) is 0.389. The lowest BCUT2D eigenvalue weighted by Crippen LogP contribution is -2.38. The van der Waals surface area contributed by atoms with E-state index in [1.807, 2.05) is 24.3 Å². The van der Waals surface area contributed by atoms with Gasteiger partial charge in [-0.2, -0.15) is 0 Å². The number of sulfone groups is 1. The third-order valence-electron chi connectivity index (χ3n) is 4.60. The van der Waals surface area contributed by atoms with Crippen molar-refractivity contribution in [2.24, 2.45) is 0 Å². The highest BCUT2D eigenvalue weighted by molar-refractivity contribution is 7.91. The summed E-state index contributed by atoms with van der Waals surface area (Å²) in [5.74, 6) is 0.167. The molecule has 1 aliphatic heterocycles. The zero-order valence-electron chi connectivity index (χ0n) is 14.8. The molecule has 1 amide bonds. The average molecular weight is 374 g/mol. The summed E-state index contributed by atoms with van der Waals surface area (Å²) < 4.78 is 23.3. The molecule has 2 aromatic rings. The Balaban J connectivity index is 1.77. The number of aryl methyl sites for hydroxylation is 1. The van der Waals surface area contributed by atoms with Gasteiger partial charge in [-0.1, -0.05) is 25.1 Å². The van der Waals surface area contributed by atoms with E-state index in [1.54, 1.807) is 13.1 Å². The standard InChI is InChI=1S/C18H22N4O3S/c1-3-13-6-4-5-7-15(13)20-18-19-10-8-16(21-18)17(23)22(2)14-9-11-26(24,25)12-14/h4-8,10,14H,3,9,11-12H2,1-2H3,(H,19,20,21). The number of aromatic nitrogens is 2. The molecule has 0 radical (unpaired) electrons. The molecule has 1 unspecified atom stereocenters. The van der Waals surface area contributed by atoms with Gasteiger partial charge in [0.1, 0.15) is 5.69 Å². The second-order valence-electron chi connectivity index (χ2n) is 6.37. The summed E-state index contributed by atoms with van der Waals surface area (Å²) in [5, 5.41) is 3.15. The first-order valence-corrected chi connectivity index (χ1v) is 10.4. The van der Waals surface area contributed by atoms with Crippen LogP contribution in [0.4, 0.5) is 11.6 Å². The van der Waals surface area contributed by atoms with Gasteiger partial charge in [0.05, 0.1) is 11.5 Å². The molecule has 0 saturated carbocycles. The second-order valence-corrected chi connectivity index (χ2v) is 8.60. The maximum atomic E-state index is 12.7. The van der Waals surface area contributed by atoms with Gasteiger partial charge in [0, 0.05) is 25.0 Å². The first-order valence-electron chi connectivity index (χ1n) is 8.55. The number of carbonyl (C=O) groups is 1. The highest BCUT2D eigenvalue weighted by Gasteiger charge is 2.33. The minimum Gasteiger partial charge on any atom is -0.336 e. The van der Waals surface area contributed by atoms with Crippen LogP contribution in [0.15, 0.2) is 36.5 Å². The molecule has 3 rings (SSSR count). The molecule has 0 spiro atoms. The van der Waals surface area contributed by atoms with Crippen LogP contribution in [0, 0.1) is 0 Å². The van der Waals surface area contributed by atoms with E-state index in [1.165, 1.54) is 11.1 Å². The summed E-state index contributed by atoms with van der Waals surface area (Å²) >= 11 is 0. The van der Waals surface area contributed by atoms with Crippen LogP contribution in [0.25, 0.3) is 0 Å². The number of para-hydroxylation sites is 1. The Bertz CT molecular complexity index is 914. The van der Waals surface area contributed by atoms with Crippen LogP contribution in [0.3, 0.4) is 0 Å². The minimum atomic E-state index is -3.05. The van der Waals surface area contributed by atoms with E-state index in [2.05, 4.69) is 22.2 Å². The van der Waals surface area contributed by atoms with Crippen LogP contribution < -0.4 is 5.32 Å². The number of nitrogens with zero attached hydrogens (tertiary/aromatic N) is 3. The Morgan fingerprint density at radius 1 is 1.31 bits per heavy atom. The third-order valence-corrected chi connectivity index (χ3v) is 6.35. The van der Waals surface area contributed by atoms with Crippen molar-refractivity contribution in [1.82, 2.24) is 14.9 Å². The summed E-state index contributed by atoms with van der Waals surface area (Å²) in [6, 6.07) is 9.08. The number of amides is 1. The largest absolute Gasteiger partial charge is 0.336 e. The fourth-order valence-corrected chi connectivity index (χ4v) is 4.81. The summed E-state index contributed by atoms with van der Waals surface area (Å²) in [7, 11) is -1.43. The molecule has 26 heavy (non-hydrogen) atoms. The van der Waals surface area contributed by atoms with E-state index in [0.717, 1.165) is 17.7 Å². The maximum Gasteiger partial charge on any atom is 0.272 e. The number of benzene rings is 1. The molecule has 2 heterocycles. The van der Waals surface area contributed by atoms with E-state index in [9.17, 15) is 13.2 Å². The topological polar surface area (TPSA) is 92.3 Å². The molecular weight excluding hydrogens is 352 g/mol. The predicted octanol–water partition coefficient (Wildman–Crippen LogP) is 2.04. The van der Waals surface area contributed by atoms with Crippen LogP contribution in [0.1, 0.15) is 29.4 Å². The molecule has 8 heteroatoms. The van der Waals surface area contributed by atoms with Crippen molar-refractivity contribution in [3.8, 4) is 0 Å². The lowest BCUT2D eigenvalue weighted by atomic mass is 10.1. The maximum absolute atomic E-state index is 12.7. The van der Waals surface area contributed by atoms with E-state index in [4.69, 9.17) is 0 Å². The molecule has 1 fully saturated rings.